The first kappa shape index (κ1) is 10.5. The monoisotopic (exact) mass is 186 g/mol. The molecule has 4 heteroatoms. The molecule has 0 bridgehead atoms. The Bertz CT molecular complexity index is 173. The Morgan fingerprint density at radius 2 is 2.46 bits per heavy atom. The molecule has 1 aliphatic heterocycles. The van der Waals surface area contributed by atoms with Crippen LogP contribution in [-0.4, -0.2) is 38.8 Å². The first-order valence-electron chi connectivity index (χ1n) is 4.73. The summed E-state index contributed by atoms with van der Waals surface area (Å²) in [6.45, 7) is 4.25. The van der Waals surface area contributed by atoms with Crippen LogP contribution >= 0.6 is 0 Å². The summed E-state index contributed by atoms with van der Waals surface area (Å²) >= 11 is 0. The molecule has 0 aliphatic carbocycles. The van der Waals surface area contributed by atoms with E-state index in [9.17, 15) is 4.79 Å². The number of nitrogens with one attached hydrogen (secondary N) is 2. The molecule has 2 atom stereocenters. The number of rotatable bonds is 3. The maximum atomic E-state index is 11.2. The van der Waals surface area contributed by atoms with Gasteiger partial charge >= 0.3 is 0 Å². The zero-order valence-corrected chi connectivity index (χ0v) is 8.30. The van der Waals surface area contributed by atoms with Crippen LogP contribution < -0.4 is 10.6 Å². The van der Waals surface area contributed by atoms with Crippen LogP contribution in [0.3, 0.4) is 0 Å². The molecule has 1 amide bonds. The number of piperidine rings is 1. The summed E-state index contributed by atoms with van der Waals surface area (Å²) in [5.41, 5.74) is 0. The summed E-state index contributed by atoms with van der Waals surface area (Å²) in [4.78, 5) is 11.2. The number of carbonyl (C=O) groups excluding carboxylic acids is 1. The first-order valence-corrected chi connectivity index (χ1v) is 4.73. The summed E-state index contributed by atoms with van der Waals surface area (Å²) in [5, 5.41) is 6.20. The molecule has 0 aromatic carbocycles. The largest absolute Gasteiger partial charge is 0.375 e. The zero-order chi connectivity index (χ0) is 9.68. The standard InChI is InChI=1S/C9H18N2O2/c1-7-3-4-10-5-8(7)11-9(12)6-13-2/h7-8,10H,3-6H2,1-2H3,(H,11,12). The van der Waals surface area contributed by atoms with Gasteiger partial charge in [-0.15, -0.1) is 0 Å². The smallest absolute Gasteiger partial charge is 0.246 e. The maximum Gasteiger partial charge on any atom is 0.246 e. The van der Waals surface area contributed by atoms with Gasteiger partial charge in [-0.1, -0.05) is 6.92 Å². The van der Waals surface area contributed by atoms with Gasteiger partial charge in [0.2, 0.25) is 5.91 Å². The van der Waals surface area contributed by atoms with Gasteiger partial charge in [0.05, 0.1) is 0 Å². The Labute approximate surface area is 79.0 Å². The molecule has 13 heavy (non-hydrogen) atoms. The predicted octanol–water partition coefficient (Wildman–Crippen LogP) is -0.253. The average molecular weight is 186 g/mol. The number of carbonyl (C=O) groups is 1. The van der Waals surface area contributed by atoms with Crippen LogP contribution in [0, 0.1) is 5.92 Å². The Morgan fingerprint density at radius 3 is 3.08 bits per heavy atom. The van der Waals surface area contributed by atoms with Crippen molar-refractivity contribution in [2.24, 2.45) is 5.92 Å². The highest BCUT2D eigenvalue weighted by Gasteiger charge is 2.22. The molecule has 1 saturated heterocycles. The molecule has 0 aromatic heterocycles. The Kier molecular flexibility index (Phi) is 4.18. The fourth-order valence-corrected chi connectivity index (χ4v) is 1.56. The van der Waals surface area contributed by atoms with Crippen molar-refractivity contribution in [1.82, 2.24) is 10.6 Å². The predicted molar refractivity (Wildman–Crippen MR) is 50.5 cm³/mol. The number of hydrogen-bond donors (Lipinski definition) is 2. The van der Waals surface area contributed by atoms with Crippen LogP contribution in [0.5, 0.6) is 0 Å². The maximum absolute atomic E-state index is 11.2. The van der Waals surface area contributed by atoms with Gasteiger partial charge in [-0.2, -0.15) is 0 Å². The zero-order valence-electron chi connectivity index (χ0n) is 8.30. The minimum atomic E-state index is -0.0250. The van der Waals surface area contributed by atoms with E-state index in [4.69, 9.17) is 4.74 Å². The fourth-order valence-electron chi connectivity index (χ4n) is 1.56. The quantitative estimate of drug-likeness (QED) is 0.639. The SMILES string of the molecule is COCC(=O)NC1CNCCC1C. The van der Waals surface area contributed by atoms with E-state index < -0.39 is 0 Å². The van der Waals surface area contributed by atoms with Crippen molar-refractivity contribution in [3.8, 4) is 0 Å². The minimum absolute atomic E-state index is 0.0250. The van der Waals surface area contributed by atoms with Gasteiger partial charge in [-0.3, -0.25) is 4.79 Å². The number of amides is 1. The van der Waals surface area contributed by atoms with Gasteiger partial charge in [-0.05, 0) is 18.9 Å². The Morgan fingerprint density at radius 1 is 1.69 bits per heavy atom. The van der Waals surface area contributed by atoms with Gasteiger partial charge in [0, 0.05) is 19.7 Å². The molecule has 0 saturated carbocycles. The van der Waals surface area contributed by atoms with Crippen LogP contribution in [-0.2, 0) is 9.53 Å². The summed E-state index contributed by atoms with van der Waals surface area (Å²) in [6, 6.07) is 0.261. The minimum Gasteiger partial charge on any atom is -0.375 e. The Hall–Kier alpha value is -0.610. The summed E-state index contributed by atoms with van der Waals surface area (Å²) in [5.74, 6) is 0.533. The number of ether oxygens (including phenoxy) is 1. The second-order valence-corrected chi connectivity index (χ2v) is 3.58. The van der Waals surface area contributed by atoms with E-state index in [0.717, 1.165) is 19.5 Å². The van der Waals surface area contributed by atoms with Gasteiger partial charge in [0.25, 0.3) is 0 Å². The second kappa shape index (κ2) is 5.19. The number of methoxy groups -OCH3 is 1. The van der Waals surface area contributed by atoms with E-state index in [2.05, 4.69) is 17.6 Å². The molecule has 1 aliphatic rings. The van der Waals surface area contributed by atoms with E-state index >= 15 is 0 Å². The van der Waals surface area contributed by atoms with Gasteiger partial charge < -0.3 is 15.4 Å². The van der Waals surface area contributed by atoms with E-state index in [1.165, 1.54) is 7.11 Å². The molecular weight excluding hydrogens is 168 g/mol. The lowest BCUT2D eigenvalue weighted by Gasteiger charge is -2.30. The van der Waals surface area contributed by atoms with Crippen molar-refractivity contribution in [3.05, 3.63) is 0 Å². The normalized spacial score (nSPS) is 28.5. The molecule has 1 heterocycles. The molecule has 1 fully saturated rings. The van der Waals surface area contributed by atoms with Crippen molar-refractivity contribution in [2.75, 3.05) is 26.8 Å². The third-order valence-corrected chi connectivity index (χ3v) is 2.45. The fraction of sp³-hybridized carbons (Fsp3) is 0.889. The van der Waals surface area contributed by atoms with Crippen LogP contribution in [0.2, 0.25) is 0 Å². The molecule has 0 spiro atoms. The van der Waals surface area contributed by atoms with E-state index in [0.29, 0.717) is 5.92 Å². The van der Waals surface area contributed by atoms with Crippen LogP contribution in [0.25, 0.3) is 0 Å². The molecule has 1 rings (SSSR count). The van der Waals surface area contributed by atoms with E-state index in [1.807, 2.05) is 0 Å². The molecule has 2 N–H and O–H groups in total. The topological polar surface area (TPSA) is 50.4 Å². The van der Waals surface area contributed by atoms with Gasteiger partial charge in [0.15, 0.2) is 0 Å². The van der Waals surface area contributed by atoms with Crippen LogP contribution in [0.1, 0.15) is 13.3 Å². The Balaban J connectivity index is 2.29. The third-order valence-electron chi connectivity index (χ3n) is 2.45. The highest BCUT2D eigenvalue weighted by Crippen LogP contribution is 2.10. The lowest BCUT2D eigenvalue weighted by atomic mass is 9.95. The van der Waals surface area contributed by atoms with Gasteiger partial charge in [-0.25, -0.2) is 0 Å². The lowest BCUT2D eigenvalue weighted by molar-refractivity contribution is -0.125. The highest BCUT2D eigenvalue weighted by atomic mass is 16.5. The van der Waals surface area contributed by atoms with Crippen molar-refractivity contribution in [3.63, 3.8) is 0 Å². The van der Waals surface area contributed by atoms with Crippen molar-refractivity contribution >= 4 is 5.91 Å². The molecule has 0 radical (unpaired) electrons. The third kappa shape index (κ3) is 3.32. The van der Waals surface area contributed by atoms with Gasteiger partial charge in [0.1, 0.15) is 6.61 Å². The van der Waals surface area contributed by atoms with Crippen molar-refractivity contribution < 1.29 is 9.53 Å². The molecule has 4 nitrogen and oxygen atoms in total. The molecule has 0 aromatic rings. The molecular formula is C9H18N2O2. The summed E-state index contributed by atoms with van der Waals surface area (Å²) in [6.07, 6.45) is 1.12. The summed E-state index contributed by atoms with van der Waals surface area (Å²) in [7, 11) is 1.53. The van der Waals surface area contributed by atoms with Crippen molar-refractivity contribution in [2.45, 2.75) is 19.4 Å². The number of hydrogen-bond acceptors (Lipinski definition) is 3. The van der Waals surface area contributed by atoms with Crippen LogP contribution in [0.15, 0.2) is 0 Å². The van der Waals surface area contributed by atoms with Crippen molar-refractivity contribution in [1.29, 1.82) is 0 Å². The first-order chi connectivity index (χ1) is 6.24. The summed E-state index contributed by atoms with van der Waals surface area (Å²) < 4.78 is 4.75. The highest BCUT2D eigenvalue weighted by molar-refractivity contribution is 5.77. The van der Waals surface area contributed by atoms with Crippen LogP contribution in [0.4, 0.5) is 0 Å². The lowest BCUT2D eigenvalue weighted by Crippen LogP contribution is -2.50. The molecule has 76 valence electrons. The van der Waals surface area contributed by atoms with E-state index in [1.54, 1.807) is 0 Å². The average Bonchev–Trinajstić information content (AvgIpc) is 2.09. The second-order valence-electron chi connectivity index (χ2n) is 3.58. The van der Waals surface area contributed by atoms with E-state index in [-0.39, 0.29) is 18.6 Å². The molecule has 2 unspecified atom stereocenters.